The minimum atomic E-state index is -0.666. The van der Waals surface area contributed by atoms with Crippen LogP contribution in [0.25, 0.3) is 0 Å². The van der Waals surface area contributed by atoms with Crippen LogP contribution in [0.5, 0.6) is 0 Å². The first-order valence-electron chi connectivity index (χ1n) is 5.97. The summed E-state index contributed by atoms with van der Waals surface area (Å²) in [5, 5.41) is 7.67. The number of aryl methyl sites for hydroxylation is 1. The van der Waals surface area contributed by atoms with Crippen LogP contribution in [0.2, 0.25) is 0 Å². The van der Waals surface area contributed by atoms with E-state index in [1.54, 1.807) is 4.68 Å². The van der Waals surface area contributed by atoms with Crippen molar-refractivity contribution < 1.29 is 4.79 Å². The van der Waals surface area contributed by atoms with Gasteiger partial charge < -0.3 is 5.73 Å². The lowest BCUT2D eigenvalue weighted by molar-refractivity contribution is 0.0950. The summed E-state index contributed by atoms with van der Waals surface area (Å²) < 4.78 is 1.60. The van der Waals surface area contributed by atoms with Gasteiger partial charge in [-0.3, -0.25) is 4.79 Å². The van der Waals surface area contributed by atoms with Gasteiger partial charge in [0, 0.05) is 6.54 Å². The van der Waals surface area contributed by atoms with Crippen molar-refractivity contribution in [2.24, 2.45) is 5.73 Å². The van der Waals surface area contributed by atoms with E-state index in [0.29, 0.717) is 12.2 Å². The molecule has 0 aliphatic rings. The Morgan fingerprint density at radius 2 is 2.11 bits per heavy atom. The topological polar surface area (TPSA) is 73.8 Å². The number of nitrogens with zero attached hydrogens (tertiary/aromatic N) is 3. The van der Waals surface area contributed by atoms with E-state index in [4.69, 9.17) is 5.73 Å². The molecule has 5 heteroatoms. The van der Waals surface area contributed by atoms with Crippen LogP contribution >= 0.6 is 0 Å². The van der Waals surface area contributed by atoms with Crippen molar-refractivity contribution in [1.82, 2.24) is 15.0 Å². The van der Waals surface area contributed by atoms with Gasteiger partial charge in [0.25, 0.3) is 0 Å². The molecule has 0 fully saturated rings. The van der Waals surface area contributed by atoms with Gasteiger partial charge in [0.15, 0.2) is 0 Å². The van der Waals surface area contributed by atoms with Crippen molar-refractivity contribution in [1.29, 1.82) is 0 Å². The first-order valence-corrected chi connectivity index (χ1v) is 5.97. The van der Waals surface area contributed by atoms with E-state index in [1.807, 2.05) is 37.3 Å². The molecule has 5 nitrogen and oxygen atoms in total. The minimum absolute atomic E-state index is 0.153. The van der Waals surface area contributed by atoms with E-state index in [9.17, 15) is 4.79 Å². The van der Waals surface area contributed by atoms with Gasteiger partial charge in [-0.15, -0.1) is 5.10 Å². The lowest BCUT2D eigenvalue weighted by Gasteiger charge is -2.11. The Balaban J connectivity index is 2.23. The summed E-state index contributed by atoms with van der Waals surface area (Å²) in [5.41, 5.74) is 7.24. The molecule has 2 aromatic rings. The first kappa shape index (κ1) is 12.4. The Hall–Kier alpha value is -2.01. The van der Waals surface area contributed by atoms with Gasteiger partial charge in [0.05, 0.1) is 12.2 Å². The van der Waals surface area contributed by atoms with Crippen molar-refractivity contribution in [3.05, 3.63) is 47.8 Å². The molecule has 0 bridgehead atoms. The molecular weight excluding hydrogens is 228 g/mol. The van der Waals surface area contributed by atoms with Crippen LogP contribution in [0.3, 0.4) is 0 Å². The molecule has 1 aromatic carbocycles. The van der Waals surface area contributed by atoms with Gasteiger partial charge in [-0.25, -0.2) is 4.68 Å². The third-order valence-corrected chi connectivity index (χ3v) is 2.75. The summed E-state index contributed by atoms with van der Waals surface area (Å²) in [6, 6.07) is 8.64. The third-order valence-electron chi connectivity index (χ3n) is 2.75. The molecule has 2 rings (SSSR count). The summed E-state index contributed by atoms with van der Waals surface area (Å²) in [7, 11) is 0. The predicted octanol–water partition coefficient (Wildman–Crippen LogP) is 1.57. The summed E-state index contributed by atoms with van der Waals surface area (Å²) in [6.45, 7) is 2.69. The maximum absolute atomic E-state index is 12.3. The van der Waals surface area contributed by atoms with Crippen LogP contribution in [0, 0.1) is 0 Å². The van der Waals surface area contributed by atoms with E-state index in [1.165, 1.54) is 6.20 Å². The average Bonchev–Trinajstić information content (AvgIpc) is 2.87. The molecule has 94 valence electrons. The summed E-state index contributed by atoms with van der Waals surface area (Å²) in [6.07, 6.45) is 2.37. The smallest absolute Gasteiger partial charge is 0.203 e. The number of carbonyl (C=O) groups is 1. The Kier molecular flexibility index (Phi) is 3.84. The summed E-state index contributed by atoms with van der Waals surface area (Å²) >= 11 is 0. The maximum Gasteiger partial charge on any atom is 0.203 e. The monoisotopic (exact) mass is 244 g/mol. The van der Waals surface area contributed by atoms with E-state index in [2.05, 4.69) is 10.3 Å². The fourth-order valence-corrected chi connectivity index (χ4v) is 1.80. The maximum atomic E-state index is 12.3. The van der Waals surface area contributed by atoms with Crippen molar-refractivity contribution >= 4 is 5.78 Å². The Labute approximate surface area is 106 Å². The molecule has 2 N–H and O–H groups in total. The molecule has 18 heavy (non-hydrogen) atoms. The van der Waals surface area contributed by atoms with Gasteiger partial charge in [-0.2, -0.15) is 0 Å². The molecule has 0 aliphatic heterocycles. The van der Waals surface area contributed by atoms with E-state index in [-0.39, 0.29) is 5.78 Å². The highest BCUT2D eigenvalue weighted by Gasteiger charge is 2.21. The second-order valence-electron chi connectivity index (χ2n) is 4.09. The van der Waals surface area contributed by atoms with E-state index in [0.717, 1.165) is 12.0 Å². The van der Waals surface area contributed by atoms with E-state index < -0.39 is 6.04 Å². The number of nitrogens with two attached hydrogens (primary N) is 1. The third kappa shape index (κ3) is 2.46. The molecule has 1 heterocycles. The number of ketones is 1. The molecule has 1 aromatic heterocycles. The minimum Gasteiger partial charge on any atom is -0.317 e. The molecule has 0 spiro atoms. The van der Waals surface area contributed by atoms with Gasteiger partial charge in [0.1, 0.15) is 5.69 Å². The first-order chi connectivity index (χ1) is 8.74. The quantitative estimate of drug-likeness (QED) is 0.810. The van der Waals surface area contributed by atoms with Gasteiger partial charge in [0.2, 0.25) is 5.78 Å². The van der Waals surface area contributed by atoms with Crippen LogP contribution in [-0.2, 0) is 6.54 Å². The zero-order chi connectivity index (χ0) is 13.0. The second-order valence-corrected chi connectivity index (χ2v) is 4.09. The molecule has 1 atom stereocenters. The van der Waals surface area contributed by atoms with Gasteiger partial charge in [-0.05, 0) is 12.0 Å². The number of aromatic nitrogens is 3. The van der Waals surface area contributed by atoms with Crippen LogP contribution in [0.15, 0.2) is 36.5 Å². The largest absolute Gasteiger partial charge is 0.317 e. The molecule has 0 aliphatic carbocycles. The molecular formula is C13H16N4O. The zero-order valence-corrected chi connectivity index (χ0v) is 10.3. The Morgan fingerprint density at radius 3 is 2.78 bits per heavy atom. The van der Waals surface area contributed by atoms with Crippen LogP contribution in [0.1, 0.15) is 35.4 Å². The lowest BCUT2D eigenvalue weighted by Crippen LogP contribution is -2.24. The normalized spacial score (nSPS) is 12.3. The number of benzene rings is 1. The van der Waals surface area contributed by atoms with Crippen LogP contribution < -0.4 is 5.73 Å². The fraction of sp³-hybridized carbons (Fsp3) is 0.308. The van der Waals surface area contributed by atoms with Gasteiger partial charge in [-0.1, -0.05) is 42.5 Å². The van der Waals surface area contributed by atoms with Crippen molar-refractivity contribution in [3.63, 3.8) is 0 Å². The van der Waals surface area contributed by atoms with Crippen molar-refractivity contribution in [3.8, 4) is 0 Å². The Morgan fingerprint density at radius 1 is 1.39 bits per heavy atom. The zero-order valence-electron chi connectivity index (χ0n) is 10.3. The van der Waals surface area contributed by atoms with Crippen molar-refractivity contribution in [2.45, 2.75) is 25.9 Å². The molecule has 0 saturated heterocycles. The highest BCUT2D eigenvalue weighted by Crippen LogP contribution is 2.15. The summed E-state index contributed by atoms with van der Waals surface area (Å²) in [4.78, 5) is 12.3. The number of rotatable bonds is 5. The SMILES string of the molecule is CCCn1nncc1C(=O)C(N)c1ccccc1. The molecule has 0 radical (unpaired) electrons. The van der Waals surface area contributed by atoms with Crippen LogP contribution in [0.4, 0.5) is 0 Å². The lowest BCUT2D eigenvalue weighted by atomic mass is 10.0. The van der Waals surface area contributed by atoms with Crippen molar-refractivity contribution in [2.75, 3.05) is 0 Å². The van der Waals surface area contributed by atoms with Gasteiger partial charge >= 0.3 is 0 Å². The standard InChI is InChI=1S/C13H16N4O/c1-2-8-17-11(9-15-16-17)13(18)12(14)10-6-4-3-5-7-10/h3-7,9,12H,2,8,14H2,1H3. The number of Topliss-reactive ketones (excluding diaryl/α,β-unsaturated/α-hetero) is 1. The highest BCUT2D eigenvalue weighted by molar-refractivity contribution is 5.98. The summed E-state index contributed by atoms with van der Waals surface area (Å²) in [5.74, 6) is -0.153. The number of hydrogen-bond acceptors (Lipinski definition) is 4. The molecule has 0 saturated carbocycles. The highest BCUT2D eigenvalue weighted by atomic mass is 16.1. The number of carbonyl (C=O) groups excluding carboxylic acids is 1. The number of hydrogen-bond donors (Lipinski definition) is 1. The second kappa shape index (κ2) is 5.55. The average molecular weight is 244 g/mol. The van der Waals surface area contributed by atoms with E-state index >= 15 is 0 Å². The van der Waals surface area contributed by atoms with Crippen LogP contribution in [-0.4, -0.2) is 20.8 Å². The molecule has 1 unspecified atom stereocenters. The molecule has 0 amide bonds. The fourth-order valence-electron chi connectivity index (χ4n) is 1.80. The Bertz CT molecular complexity index is 521. The predicted molar refractivity (Wildman–Crippen MR) is 68.0 cm³/mol.